The number of benzene rings is 2. The van der Waals surface area contributed by atoms with E-state index in [1.807, 2.05) is 56.3 Å². The van der Waals surface area contributed by atoms with Crippen molar-refractivity contribution in [2.75, 3.05) is 6.54 Å². The fourth-order valence-corrected chi connectivity index (χ4v) is 3.12. The van der Waals surface area contributed by atoms with Crippen LogP contribution in [-0.4, -0.2) is 29.3 Å². The summed E-state index contributed by atoms with van der Waals surface area (Å²) in [7, 11) is 0. The van der Waals surface area contributed by atoms with Gasteiger partial charge in [0.05, 0.1) is 6.42 Å². The molecule has 0 aromatic heterocycles. The Bertz CT molecular complexity index is 814. The van der Waals surface area contributed by atoms with Crippen LogP contribution in [0.3, 0.4) is 0 Å². The first-order valence-corrected chi connectivity index (χ1v) is 9.95. The van der Waals surface area contributed by atoms with Gasteiger partial charge in [0, 0.05) is 13.1 Å². The number of nitrogens with zero attached hydrogens (tertiary/aromatic N) is 1. The smallest absolute Gasteiger partial charge is 0.242 e. The fourth-order valence-electron chi connectivity index (χ4n) is 3.12. The molecule has 0 saturated heterocycles. The number of nitrogens with one attached hydrogen (secondary N) is 1. The molecular formula is C24H32N2O2. The summed E-state index contributed by atoms with van der Waals surface area (Å²) in [4.78, 5) is 27.5. The number of rotatable bonds is 8. The Labute approximate surface area is 169 Å². The Morgan fingerprint density at radius 1 is 1.00 bits per heavy atom. The SMILES string of the molecule is Cc1cccc(CN(C(=O)Cc2ccccc2C)[C@H](C)C(=O)NCC(C)C)c1. The summed E-state index contributed by atoms with van der Waals surface area (Å²) in [5, 5.41) is 2.96. The van der Waals surface area contributed by atoms with E-state index < -0.39 is 6.04 Å². The first kappa shape index (κ1) is 21.7. The van der Waals surface area contributed by atoms with Crippen LogP contribution in [0, 0.1) is 19.8 Å². The minimum absolute atomic E-state index is 0.0389. The number of carbonyl (C=O) groups is 2. The van der Waals surface area contributed by atoms with Gasteiger partial charge < -0.3 is 10.2 Å². The molecule has 0 saturated carbocycles. The van der Waals surface area contributed by atoms with Crippen LogP contribution in [0.4, 0.5) is 0 Å². The fraction of sp³-hybridized carbons (Fsp3) is 0.417. The molecule has 150 valence electrons. The number of hydrogen-bond acceptors (Lipinski definition) is 2. The standard InChI is InChI=1S/C24H32N2O2/c1-17(2)15-25-24(28)20(5)26(16-21-11-8-9-18(3)13-21)23(27)14-22-12-7-6-10-19(22)4/h6-13,17,20H,14-16H2,1-5H3,(H,25,28)/t20-/m1/s1. The Balaban J connectivity index is 2.22. The summed E-state index contributed by atoms with van der Waals surface area (Å²) in [5.41, 5.74) is 4.25. The van der Waals surface area contributed by atoms with E-state index in [2.05, 4.69) is 25.2 Å². The van der Waals surface area contributed by atoms with Gasteiger partial charge >= 0.3 is 0 Å². The molecule has 0 heterocycles. The van der Waals surface area contributed by atoms with E-state index in [0.717, 1.165) is 22.3 Å². The summed E-state index contributed by atoms with van der Waals surface area (Å²) in [6, 6.07) is 15.4. The molecule has 0 spiro atoms. The largest absolute Gasteiger partial charge is 0.354 e. The van der Waals surface area contributed by atoms with Gasteiger partial charge in [-0.25, -0.2) is 0 Å². The zero-order chi connectivity index (χ0) is 20.7. The molecule has 2 amide bonds. The zero-order valence-electron chi connectivity index (χ0n) is 17.7. The van der Waals surface area contributed by atoms with E-state index in [4.69, 9.17) is 0 Å². The lowest BCUT2D eigenvalue weighted by Crippen LogP contribution is -2.48. The van der Waals surface area contributed by atoms with Crippen molar-refractivity contribution in [1.82, 2.24) is 10.2 Å². The van der Waals surface area contributed by atoms with Crippen LogP contribution in [0.1, 0.15) is 43.0 Å². The van der Waals surface area contributed by atoms with Crippen molar-refractivity contribution < 1.29 is 9.59 Å². The number of aryl methyl sites for hydroxylation is 2. The van der Waals surface area contributed by atoms with Gasteiger partial charge in [0.15, 0.2) is 0 Å². The zero-order valence-corrected chi connectivity index (χ0v) is 17.7. The van der Waals surface area contributed by atoms with Crippen molar-refractivity contribution in [2.45, 2.75) is 53.6 Å². The minimum Gasteiger partial charge on any atom is -0.354 e. The van der Waals surface area contributed by atoms with Crippen molar-refractivity contribution in [3.8, 4) is 0 Å². The van der Waals surface area contributed by atoms with Crippen molar-refractivity contribution >= 4 is 11.8 Å². The molecule has 28 heavy (non-hydrogen) atoms. The lowest BCUT2D eigenvalue weighted by Gasteiger charge is -2.29. The van der Waals surface area contributed by atoms with Gasteiger partial charge in [-0.05, 0) is 43.4 Å². The maximum Gasteiger partial charge on any atom is 0.242 e. The first-order valence-electron chi connectivity index (χ1n) is 9.95. The topological polar surface area (TPSA) is 49.4 Å². The summed E-state index contributed by atoms with van der Waals surface area (Å²) in [5.74, 6) is 0.214. The van der Waals surface area contributed by atoms with E-state index in [-0.39, 0.29) is 11.8 Å². The normalized spacial score (nSPS) is 11.9. The van der Waals surface area contributed by atoms with Gasteiger partial charge in [0.1, 0.15) is 6.04 Å². The van der Waals surface area contributed by atoms with Gasteiger partial charge in [-0.15, -0.1) is 0 Å². The lowest BCUT2D eigenvalue weighted by atomic mass is 10.0. The summed E-state index contributed by atoms with van der Waals surface area (Å²) in [6.07, 6.45) is 0.292. The molecule has 2 aromatic carbocycles. The minimum atomic E-state index is -0.532. The van der Waals surface area contributed by atoms with Crippen LogP contribution in [0.15, 0.2) is 48.5 Å². The van der Waals surface area contributed by atoms with Crippen LogP contribution < -0.4 is 5.32 Å². The van der Waals surface area contributed by atoms with Crippen LogP contribution in [0.2, 0.25) is 0 Å². The second-order valence-electron chi connectivity index (χ2n) is 7.93. The third-order valence-corrected chi connectivity index (χ3v) is 4.89. The second-order valence-corrected chi connectivity index (χ2v) is 7.93. The molecular weight excluding hydrogens is 348 g/mol. The van der Waals surface area contributed by atoms with Gasteiger partial charge in [0.2, 0.25) is 11.8 Å². The van der Waals surface area contributed by atoms with Crippen LogP contribution in [0.5, 0.6) is 0 Å². The first-order chi connectivity index (χ1) is 13.3. The third-order valence-electron chi connectivity index (χ3n) is 4.89. The Hall–Kier alpha value is -2.62. The predicted molar refractivity (Wildman–Crippen MR) is 114 cm³/mol. The van der Waals surface area contributed by atoms with E-state index in [1.54, 1.807) is 11.8 Å². The molecule has 0 bridgehead atoms. The van der Waals surface area contributed by atoms with Crippen molar-refractivity contribution in [3.63, 3.8) is 0 Å². The highest BCUT2D eigenvalue weighted by molar-refractivity contribution is 5.88. The predicted octanol–water partition coefficient (Wildman–Crippen LogP) is 4.04. The molecule has 0 aliphatic carbocycles. The second kappa shape index (κ2) is 10.1. The van der Waals surface area contributed by atoms with E-state index in [1.165, 1.54) is 0 Å². The van der Waals surface area contributed by atoms with Crippen LogP contribution in [0.25, 0.3) is 0 Å². The maximum atomic E-state index is 13.2. The van der Waals surface area contributed by atoms with Crippen molar-refractivity contribution in [3.05, 3.63) is 70.8 Å². The average molecular weight is 381 g/mol. The average Bonchev–Trinajstić information content (AvgIpc) is 2.65. The van der Waals surface area contributed by atoms with Gasteiger partial charge in [-0.3, -0.25) is 9.59 Å². The van der Waals surface area contributed by atoms with Gasteiger partial charge in [-0.1, -0.05) is 67.9 Å². The van der Waals surface area contributed by atoms with Crippen molar-refractivity contribution in [2.24, 2.45) is 5.92 Å². The monoisotopic (exact) mass is 380 g/mol. The maximum absolute atomic E-state index is 13.2. The highest BCUT2D eigenvalue weighted by atomic mass is 16.2. The third kappa shape index (κ3) is 6.22. The molecule has 1 N–H and O–H groups in total. The molecule has 2 rings (SSSR count). The molecule has 0 fully saturated rings. The van der Waals surface area contributed by atoms with Gasteiger partial charge in [0.25, 0.3) is 0 Å². The molecule has 1 atom stereocenters. The number of hydrogen-bond donors (Lipinski definition) is 1. The molecule has 0 unspecified atom stereocenters. The lowest BCUT2D eigenvalue weighted by molar-refractivity contribution is -0.140. The quantitative estimate of drug-likeness (QED) is 0.751. The van der Waals surface area contributed by atoms with E-state index >= 15 is 0 Å². The summed E-state index contributed by atoms with van der Waals surface area (Å²) < 4.78 is 0. The summed E-state index contributed by atoms with van der Waals surface area (Å²) in [6.45, 7) is 11.0. The number of amides is 2. The van der Waals surface area contributed by atoms with Crippen molar-refractivity contribution in [1.29, 1.82) is 0 Å². The molecule has 0 aliphatic heterocycles. The molecule has 0 aliphatic rings. The molecule has 2 aromatic rings. The van der Waals surface area contributed by atoms with Crippen LogP contribution in [-0.2, 0) is 22.6 Å². The van der Waals surface area contributed by atoms with E-state index in [9.17, 15) is 9.59 Å². The molecule has 4 nitrogen and oxygen atoms in total. The highest BCUT2D eigenvalue weighted by Crippen LogP contribution is 2.15. The highest BCUT2D eigenvalue weighted by Gasteiger charge is 2.26. The Kier molecular flexibility index (Phi) is 7.80. The molecule has 4 heteroatoms. The number of carbonyl (C=O) groups excluding carboxylic acids is 2. The summed E-state index contributed by atoms with van der Waals surface area (Å²) >= 11 is 0. The van der Waals surface area contributed by atoms with Gasteiger partial charge in [-0.2, -0.15) is 0 Å². The Morgan fingerprint density at radius 3 is 2.36 bits per heavy atom. The van der Waals surface area contributed by atoms with Crippen LogP contribution >= 0.6 is 0 Å². The Morgan fingerprint density at radius 2 is 1.71 bits per heavy atom. The van der Waals surface area contributed by atoms with E-state index in [0.29, 0.717) is 25.4 Å². The molecule has 0 radical (unpaired) electrons.